The predicted molar refractivity (Wildman–Crippen MR) is 40.1 cm³/mol. The van der Waals surface area contributed by atoms with Crippen molar-refractivity contribution >= 4 is 37.7 Å². The van der Waals surface area contributed by atoms with Crippen LogP contribution in [0.1, 0.15) is 22.6 Å². The fourth-order valence-electron chi connectivity index (χ4n) is 0.754. The molecule has 0 saturated carbocycles. The molecule has 1 aliphatic rings. The van der Waals surface area contributed by atoms with Crippen LogP contribution >= 0.6 is 0 Å². The second-order valence-electron chi connectivity index (χ2n) is 1.81. The SMILES string of the molecule is CCC1=CC=CC1.[Ca+2].[H-].[H-]. The second kappa shape index (κ2) is 4.60. The van der Waals surface area contributed by atoms with Gasteiger partial charge in [-0.1, -0.05) is 30.7 Å². The van der Waals surface area contributed by atoms with Gasteiger partial charge in [-0.2, -0.15) is 0 Å². The average molecular weight is 136 g/mol. The predicted octanol–water partition coefficient (Wildman–Crippen LogP) is 2.13. The van der Waals surface area contributed by atoms with Crippen LogP contribution in [-0.2, 0) is 0 Å². The van der Waals surface area contributed by atoms with E-state index in [9.17, 15) is 0 Å². The molecular formula is C7H12Ca. The summed E-state index contributed by atoms with van der Waals surface area (Å²) in [7, 11) is 0. The van der Waals surface area contributed by atoms with Gasteiger partial charge in [-0.25, -0.2) is 0 Å². The number of rotatable bonds is 1. The molecule has 0 unspecified atom stereocenters. The van der Waals surface area contributed by atoms with Crippen LogP contribution in [0.15, 0.2) is 23.8 Å². The van der Waals surface area contributed by atoms with E-state index in [4.69, 9.17) is 0 Å². The van der Waals surface area contributed by atoms with Crippen LogP contribution in [-0.4, -0.2) is 37.7 Å². The molecule has 0 aromatic rings. The Balaban J connectivity index is -0.000000163. The van der Waals surface area contributed by atoms with Crippen LogP contribution < -0.4 is 0 Å². The summed E-state index contributed by atoms with van der Waals surface area (Å²) in [5, 5.41) is 0. The molecule has 0 saturated heterocycles. The largest absolute Gasteiger partial charge is 2.00 e. The second-order valence-corrected chi connectivity index (χ2v) is 1.81. The maximum absolute atomic E-state index is 2.19. The molecule has 0 heterocycles. The van der Waals surface area contributed by atoms with Crippen LogP contribution in [0, 0.1) is 0 Å². The van der Waals surface area contributed by atoms with E-state index in [1.54, 1.807) is 5.57 Å². The smallest absolute Gasteiger partial charge is 1.00 e. The van der Waals surface area contributed by atoms with E-state index in [-0.39, 0.29) is 40.6 Å². The standard InChI is InChI=1S/C7H10.Ca.2H/c1-2-7-5-3-4-6-7;;;/h3-5H,2,6H2,1H3;;;/q;+2;2*-1. The molecule has 1 rings (SSSR count). The van der Waals surface area contributed by atoms with E-state index in [2.05, 4.69) is 25.2 Å². The third-order valence-electron chi connectivity index (χ3n) is 1.30. The van der Waals surface area contributed by atoms with Crippen molar-refractivity contribution in [3.05, 3.63) is 23.8 Å². The number of hydrogen-bond donors (Lipinski definition) is 0. The number of hydrogen-bond acceptors (Lipinski definition) is 0. The topological polar surface area (TPSA) is 0 Å². The monoisotopic (exact) mass is 136 g/mol. The first-order valence-electron chi connectivity index (χ1n) is 2.78. The Morgan fingerprint density at radius 3 is 2.75 bits per heavy atom. The molecule has 0 bridgehead atoms. The molecule has 0 N–H and O–H groups in total. The summed E-state index contributed by atoms with van der Waals surface area (Å²) < 4.78 is 0. The third-order valence-corrected chi connectivity index (χ3v) is 1.30. The molecule has 0 fully saturated rings. The molecule has 0 nitrogen and oxygen atoms in total. The van der Waals surface area contributed by atoms with Crippen molar-refractivity contribution < 1.29 is 2.85 Å². The van der Waals surface area contributed by atoms with Gasteiger partial charge in [0.25, 0.3) is 0 Å². The summed E-state index contributed by atoms with van der Waals surface area (Å²) in [4.78, 5) is 0. The summed E-state index contributed by atoms with van der Waals surface area (Å²) in [5.74, 6) is 0. The van der Waals surface area contributed by atoms with Gasteiger partial charge >= 0.3 is 37.7 Å². The Kier molecular flexibility index (Phi) is 5.03. The van der Waals surface area contributed by atoms with E-state index in [1.807, 2.05) is 0 Å². The quantitative estimate of drug-likeness (QED) is 0.484. The van der Waals surface area contributed by atoms with E-state index < -0.39 is 0 Å². The van der Waals surface area contributed by atoms with Gasteiger partial charge in [0, 0.05) is 0 Å². The van der Waals surface area contributed by atoms with Crippen molar-refractivity contribution in [2.45, 2.75) is 19.8 Å². The first-order chi connectivity index (χ1) is 3.43. The summed E-state index contributed by atoms with van der Waals surface area (Å²) in [6, 6.07) is 0. The van der Waals surface area contributed by atoms with Crippen molar-refractivity contribution in [3.8, 4) is 0 Å². The minimum atomic E-state index is 0. The molecule has 0 aliphatic heterocycles. The van der Waals surface area contributed by atoms with Gasteiger partial charge in [0.1, 0.15) is 0 Å². The zero-order valence-electron chi connectivity index (χ0n) is 7.35. The maximum Gasteiger partial charge on any atom is 2.00 e. The van der Waals surface area contributed by atoms with E-state index in [0.717, 1.165) is 0 Å². The summed E-state index contributed by atoms with van der Waals surface area (Å²) in [5.41, 5.74) is 1.56. The van der Waals surface area contributed by atoms with Gasteiger partial charge in [-0.05, 0) is 12.8 Å². The molecular weight excluding hydrogens is 124 g/mol. The van der Waals surface area contributed by atoms with Gasteiger partial charge in [0.05, 0.1) is 0 Å². The van der Waals surface area contributed by atoms with Crippen LogP contribution in [0.4, 0.5) is 0 Å². The van der Waals surface area contributed by atoms with Crippen LogP contribution in [0.2, 0.25) is 0 Å². The Hall–Kier alpha value is 0.740. The summed E-state index contributed by atoms with van der Waals surface area (Å²) in [6.45, 7) is 2.19. The molecule has 0 aromatic heterocycles. The fourth-order valence-corrected chi connectivity index (χ4v) is 0.754. The molecule has 8 heavy (non-hydrogen) atoms. The Morgan fingerprint density at radius 1 is 1.75 bits per heavy atom. The Bertz CT molecular complexity index is 119. The van der Waals surface area contributed by atoms with Gasteiger partial charge in [-0.15, -0.1) is 0 Å². The molecule has 1 aliphatic carbocycles. The molecule has 0 atom stereocenters. The summed E-state index contributed by atoms with van der Waals surface area (Å²) >= 11 is 0. The average Bonchev–Trinajstić information content (AvgIpc) is 2.14. The van der Waals surface area contributed by atoms with E-state index in [0.29, 0.717) is 0 Å². The third kappa shape index (κ3) is 2.34. The Labute approximate surface area is 83.6 Å². The molecule has 1 heteroatoms. The van der Waals surface area contributed by atoms with Crippen molar-refractivity contribution in [2.24, 2.45) is 0 Å². The molecule has 0 aromatic carbocycles. The first kappa shape index (κ1) is 8.74. The molecule has 42 valence electrons. The summed E-state index contributed by atoms with van der Waals surface area (Å²) in [6.07, 6.45) is 8.92. The maximum atomic E-state index is 2.19. The molecule has 0 amide bonds. The molecule has 0 spiro atoms. The van der Waals surface area contributed by atoms with E-state index >= 15 is 0 Å². The van der Waals surface area contributed by atoms with Crippen LogP contribution in [0.5, 0.6) is 0 Å². The minimum absolute atomic E-state index is 0. The zero-order valence-corrected chi connectivity index (χ0v) is 7.56. The Morgan fingerprint density at radius 2 is 2.50 bits per heavy atom. The van der Waals surface area contributed by atoms with Crippen molar-refractivity contribution in [3.63, 3.8) is 0 Å². The van der Waals surface area contributed by atoms with Gasteiger partial charge in [0.15, 0.2) is 0 Å². The first-order valence-corrected chi connectivity index (χ1v) is 2.78. The molecule has 0 radical (unpaired) electrons. The van der Waals surface area contributed by atoms with E-state index in [1.165, 1.54) is 12.8 Å². The van der Waals surface area contributed by atoms with Gasteiger partial charge < -0.3 is 2.85 Å². The number of allylic oxidation sites excluding steroid dienone is 4. The van der Waals surface area contributed by atoms with Crippen molar-refractivity contribution in [2.75, 3.05) is 0 Å². The fraction of sp³-hybridized carbons (Fsp3) is 0.429. The van der Waals surface area contributed by atoms with Gasteiger partial charge in [0.2, 0.25) is 0 Å². The van der Waals surface area contributed by atoms with Gasteiger partial charge in [-0.3, -0.25) is 0 Å². The normalized spacial score (nSPS) is 15.4. The van der Waals surface area contributed by atoms with Crippen molar-refractivity contribution in [1.82, 2.24) is 0 Å². The van der Waals surface area contributed by atoms with Crippen LogP contribution in [0.25, 0.3) is 0 Å². The zero-order chi connectivity index (χ0) is 5.11. The minimum Gasteiger partial charge on any atom is -1.00 e. The van der Waals surface area contributed by atoms with Crippen LogP contribution in [0.3, 0.4) is 0 Å². The van der Waals surface area contributed by atoms with Crippen molar-refractivity contribution in [1.29, 1.82) is 0 Å².